The van der Waals surface area contributed by atoms with Gasteiger partial charge in [0.15, 0.2) is 11.1 Å². The summed E-state index contributed by atoms with van der Waals surface area (Å²) < 4.78 is 19.0. The first-order chi connectivity index (χ1) is 4.22. The first-order valence-electron chi connectivity index (χ1n) is 3.05. The van der Waals surface area contributed by atoms with Crippen LogP contribution in [0, 0.1) is 0 Å². The molecule has 1 saturated heterocycles. The van der Waals surface area contributed by atoms with E-state index in [2.05, 4.69) is 0 Å². The van der Waals surface area contributed by atoms with E-state index in [0.717, 1.165) is 13.1 Å². The van der Waals surface area contributed by atoms with Gasteiger partial charge in [0.25, 0.3) is 0 Å². The summed E-state index contributed by atoms with van der Waals surface area (Å²) in [6.45, 7) is 3.73. The second-order valence-electron chi connectivity index (χ2n) is 2.27. The predicted molar refractivity (Wildman–Crippen MR) is 36.4 cm³/mol. The average molecular weight is 149 g/mol. The molecular weight excluding hydrogens is 138 g/mol. The van der Waals surface area contributed by atoms with E-state index in [1.165, 1.54) is 6.42 Å². The fraction of sp³-hybridized carbons (Fsp3) is 1.00. The van der Waals surface area contributed by atoms with Crippen LogP contribution in [-0.4, -0.2) is 32.1 Å². The summed E-state index contributed by atoms with van der Waals surface area (Å²) >= 11 is -1.66. The molecule has 3 nitrogen and oxygen atoms in total. The van der Waals surface area contributed by atoms with Crippen molar-refractivity contribution >= 4 is 11.1 Å². The van der Waals surface area contributed by atoms with Crippen molar-refractivity contribution in [2.24, 2.45) is 0 Å². The molecule has 0 bridgehead atoms. The summed E-state index contributed by atoms with van der Waals surface area (Å²) in [6.07, 6.45) is 1.17. The molecule has 0 saturated carbocycles. The van der Waals surface area contributed by atoms with Crippen LogP contribution in [0.3, 0.4) is 0 Å². The molecule has 1 N–H and O–H groups in total. The van der Waals surface area contributed by atoms with Gasteiger partial charge in [-0.05, 0) is 13.3 Å². The van der Waals surface area contributed by atoms with Gasteiger partial charge in [-0.2, -0.15) is 0 Å². The van der Waals surface area contributed by atoms with Gasteiger partial charge in [-0.15, -0.1) is 0 Å². The Labute approximate surface area is 57.3 Å². The Morgan fingerprint density at radius 1 is 1.67 bits per heavy atom. The normalized spacial score (nSPS) is 26.9. The van der Waals surface area contributed by atoms with E-state index in [9.17, 15) is 4.21 Å². The highest BCUT2D eigenvalue weighted by Gasteiger charge is 2.23. The molecule has 4 heteroatoms. The van der Waals surface area contributed by atoms with Gasteiger partial charge in [0.1, 0.15) is 5.37 Å². The van der Waals surface area contributed by atoms with Gasteiger partial charge < -0.3 is 4.55 Å². The molecule has 0 aliphatic carbocycles. The number of nitrogens with zero attached hydrogens (tertiary/aromatic N) is 1. The average Bonchev–Trinajstić information content (AvgIpc) is 1.60. The number of hydrogen-bond acceptors (Lipinski definition) is 2. The second kappa shape index (κ2) is 2.77. The minimum absolute atomic E-state index is 0.168. The van der Waals surface area contributed by atoms with Gasteiger partial charge in [-0.25, -0.2) is 4.21 Å². The molecule has 2 atom stereocenters. The maximum atomic E-state index is 10.4. The fourth-order valence-electron chi connectivity index (χ4n) is 0.832. The largest absolute Gasteiger partial charge is 0.305 e. The minimum atomic E-state index is -1.66. The lowest BCUT2D eigenvalue weighted by atomic mass is 10.2. The van der Waals surface area contributed by atoms with Gasteiger partial charge in [0, 0.05) is 13.1 Å². The smallest absolute Gasteiger partial charge is 0.170 e. The number of hydrogen-bond donors (Lipinski definition) is 1. The van der Waals surface area contributed by atoms with Crippen LogP contribution < -0.4 is 0 Å². The summed E-state index contributed by atoms with van der Waals surface area (Å²) in [5.74, 6) is 0. The lowest BCUT2D eigenvalue weighted by molar-refractivity contribution is 0.167. The van der Waals surface area contributed by atoms with Crippen LogP contribution in [0.2, 0.25) is 0 Å². The fourth-order valence-corrected chi connectivity index (χ4v) is 1.30. The van der Waals surface area contributed by atoms with Gasteiger partial charge >= 0.3 is 0 Å². The Balaban J connectivity index is 2.32. The second-order valence-corrected chi connectivity index (χ2v) is 3.50. The third kappa shape index (κ3) is 1.50. The molecule has 0 aromatic rings. The van der Waals surface area contributed by atoms with Gasteiger partial charge in [0.05, 0.1) is 0 Å². The van der Waals surface area contributed by atoms with E-state index < -0.39 is 11.1 Å². The maximum Gasteiger partial charge on any atom is 0.170 e. The highest BCUT2D eigenvalue weighted by Crippen LogP contribution is 2.11. The Kier molecular flexibility index (Phi) is 2.21. The zero-order chi connectivity index (χ0) is 6.85. The number of rotatable bonds is 2. The van der Waals surface area contributed by atoms with Crippen molar-refractivity contribution in [3.8, 4) is 0 Å². The topological polar surface area (TPSA) is 40.5 Å². The number of likely N-dealkylation sites (tertiary alicyclic amines) is 1. The monoisotopic (exact) mass is 149 g/mol. The van der Waals surface area contributed by atoms with Crippen LogP contribution >= 0.6 is 0 Å². The molecule has 1 rings (SSSR count). The maximum absolute atomic E-state index is 10.4. The summed E-state index contributed by atoms with van der Waals surface area (Å²) in [7, 11) is 0. The predicted octanol–water partition coefficient (Wildman–Crippen LogP) is 0.260. The Morgan fingerprint density at radius 2 is 2.22 bits per heavy atom. The molecule has 54 valence electrons. The first-order valence-corrected chi connectivity index (χ1v) is 4.22. The molecule has 0 aromatic carbocycles. The molecule has 0 radical (unpaired) electrons. The van der Waals surface area contributed by atoms with Crippen molar-refractivity contribution in [2.75, 3.05) is 13.1 Å². The van der Waals surface area contributed by atoms with Gasteiger partial charge in [-0.3, -0.25) is 4.90 Å². The first kappa shape index (κ1) is 7.18. The standard InChI is InChI=1S/C5H11NO2S/c1-5(9(7)8)6-3-2-4-6/h5H,2-4H2,1H3,(H,7,8). The van der Waals surface area contributed by atoms with Crippen molar-refractivity contribution in [1.29, 1.82) is 0 Å². The van der Waals surface area contributed by atoms with Crippen LogP contribution in [0.5, 0.6) is 0 Å². The Hall–Kier alpha value is 0.0700. The van der Waals surface area contributed by atoms with E-state index in [1.54, 1.807) is 6.92 Å². The Bertz CT molecular complexity index is 124. The molecule has 1 heterocycles. The highest BCUT2D eigenvalue weighted by atomic mass is 32.2. The van der Waals surface area contributed by atoms with E-state index in [1.807, 2.05) is 4.90 Å². The molecule has 1 aliphatic heterocycles. The molecule has 1 aliphatic rings. The minimum Gasteiger partial charge on any atom is -0.305 e. The van der Waals surface area contributed by atoms with Crippen molar-refractivity contribution in [2.45, 2.75) is 18.7 Å². The zero-order valence-corrected chi connectivity index (χ0v) is 6.23. The Morgan fingerprint density at radius 3 is 2.33 bits per heavy atom. The van der Waals surface area contributed by atoms with Gasteiger partial charge in [-0.1, -0.05) is 0 Å². The molecule has 0 spiro atoms. The molecule has 9 heavy (non-hydrogen) atoms. The molecule has 0 aromatic heterocycles. The summed E-state index contributed by atoms with van der Waals surface area (Å²) in [4.78, 5) is 2.00. The highest BCUT2D eigenvalue weighted by molar-refractivity contribution is 7.79. The molecular formula is C5H11NO2S. The molecule has 1 fully saturated rings. The molecule has 0 amide bonds. The van der Waals surface area contributed by atoms with E-state index in [4.69, 9.17) is 4.55 Å². The van der Waals surface area contributed by atoms with Crippen LogP contribution in [0.4, 0.5) is 0 Å². The lowest BCUT2D eigenvalue weighted by Crippen LogP contribution is -2.45. The molecule has 2 unspecified atom stereocenters. The van der Waals surface area contributed by atoms with E-state index in [-0.39, 0.29) is 5.37 Å². The summed E-state index contributed by atoms with van der Waals surface area (Å²) in [5.41, 5.74) is 0. The summed E-state index contributed by atoms with van der Waals surface area (Å²) in [5, 5.41) is -0.168. The van der Waals surface area contributed by atoms with E-state index in [0.29, 0.717) is 0 Å². The van der Waals surface area contributed by atoms with Crippen LogP contribution in [0.25, 0.3) is 0 Å². The van der Waals surface area contributed by atoms with Gasteiger partial charge in [0.2, 0.25) is 0 Å². The SMILES string of the molecule is CC(N1CCC1)S(=O)O. The van der Waals surface area contributed by atoms with Crippen LogP contribution in [0.15, 0.2) is 0 Å². The third-order valence-electron chi connectivity index (χ3n) is 1.70. The third-order valence-corrected chi connectivity index (χ3v) is 2.58. The van der Waals surface area contributed by atoms with Crippen LogP contribution in [-0.2, 0) is 11.1 Å². The van der Waals surface area contributed by atoms with Crippen LogP contribution in [0.1, 0.15) is 13.3 Å². The zero-order valence-electron chi connectivity index (χ0n) is 5.41. The quantitative estimate of drug-likeness (QED) is 0.572. The van der Waals surface area contributed by atoms with Crippen molar-refractivity contribution in [3.63, 3.8) is 0 Å². The lowest BCUT2D eigenvalue weighted by Gasteiger charge is -2.34. The van der Waals surface area contributed by atoms with E-state index >= 15 is 0 Å². The summed E-state index contributed by atoms with van der Waals surface area (Å²) in [6, 6.07) is 0. The van der Waals surface area contributed by atoms with Crippen molar-refractivity contribution in [1.82, 2.24) is 4.90 Å². The van der Waals surface area contributed by atoms with Crippen molar-refractivity contribution < 1.29 is 8.76 Å². The van der Waals surface area contributed by atoms with Crippen molar-refractivity contribution in [3.05, 3.63) is 0 Å².